The number of para-hydroxylation sites is 2. The molecule has 10 heteroatoms. The summed E-state index contributed by atoms with van der Waals surface area (Å²) in [7, 11) is 0. The van der Waals surface area contributed by atoms with Crippen LogP contribution in [0.5, 0.6) is 0 Å². The normalized spacial score (nSPS) is 13.6. The summed E-state index contributed by atoms with van der Waals surface area (Å²) in [6.45, 7) is 4.34. The van der Waals surface area contributed by atoms with E-state index >= 15 is 0 Å². The van der Waals surface area contributed by atoms with E-state index in [1.54, 1.807) is 43.3 Å². The first-order chi connectivity index (χ1) is 17.3. The van der Waals surface area contributed by atoms with Crippen LogP contribution < -0.4 is 15.5 Å². The van der Waals surface area contributed by atoms with Gasteiger partial charge in [0.05, 0.1) is 11.4 Å². The summed E-state index contributed by atoms with van der Waals surface area (Å²) in [4.78, 5) is 28.0. The van der Waals surface area contributed by atoms with Crippen LogP contribution in [-0.2, 0) is 9.59 Å². The lowest BCUT2D eigenvalue weighted by Gasteiger charge is -2.36. The topological polar surface area (TPSA) is 77.8 Å². The van der Waals surface area contributed by atoms with Gasteiger partial charge in [0, 0.05) is 54.8 Å². The van der Waals surface area contributed by atoms with Crippen LogP contribution in [0.2, 0.25) is 10.0 Å². The molecule has 0 atom stereocenters. The third kappa shape index (κ3) is 6.66. The van der Waals surface area contributed by atoms with Crippen molar-refractivity contribution in [3.05, 3.63) is 76.5 Å². The molecule has 4 rings (SSSR count). The monoisotopic (exact) mass is 542 g/mol. The van der Waals surface area contributed by atoms with Gasteiger partial charge >= 0.3 is 0 Å². The number of furan rings is 1. The molecule has 1 aromatic heterocycles. The van der Waals surface area contributed by atoms with Crippen molar-refractivity contribution in [3.63, 3.8) is 0 Å². The Bertz CT molecular complexity index is 1300. The highest BCUT2D eigenvalue weighted by molar-refractivity contribution is 7.80. The molecule has 1 aliphatic heterocycles. The first-order valence-electron chi connectivity index (χ1n) is 11.2. The van der Waals surface area contributed by atoms with Crippen molar-refractivity contribution in [2.45, 2.75) is 6.92 Å². The summed E-state index contributed by atoms with van der Waals surface area (Å²) in [6, 6.07) is 16.4. The van der Waals surface area contributed by atoms with E-state index in [1.807, 2.05) is 29.2 Å². The number of halogens is 2. The number of nitrogens with zero attached hydrogens (tertiary/aromatic N) is 2. The van der Waals surface area contributed by atoms with E-state index in [2.05, 4.69) is 15.5 Å². The maximum atomic E-state index is 12.4. The van der Waals surface area contributed by atoms with Crippen LogP contribution in [0, 0.1) is 0 Å². The summed E-state index contributed by atoms with van der Waals surface area (Å²) in [6.07, 6.45) is 2.89. The van der Waals surface area contributed by atoms with E-state index in [9.17, 15) is 9.59 Å². The predicted octanol–water partition coefficient (Wildman–Crippen LogP) is 5.45. The lowest BCUT2D eigenvalue weighted by molar-refractivity contribution is -0.129. The van der Waals surface area contributed by atoms with Crippen LogP contribution in [0.4, 0.5) is 11.4 Å². The quantitative estimate of drug-likeness (QED) is 0.329. The molecule has 2 heterocycles. The molecule has 186 valence electrons. The fourth-order valence-corrected chi connectivity index (χ4v) is 4.61. The summed E-state index contributed by atoms with van der Waals surface area (Å²) in [5.41, 5.74) is 2.47. The van der Waals surface area contributed by atoms with Gasteiger partial charge in [0.25, 0.3) is 0 Å². The zero-order chi connectivity index (χ0) is 25.7. The van der Waals surface area contributed by atoms with E-state index in [0.29, 0.717) is 47.7 Å². The van der Waals surface area contributed by atoms with Gasteiger partial charge in [-0.05, 0) is 60.8 Å². The molecule has 1 saturated heterocycles. The van der Waals surface area contributed by atoms with Gasteiger partial charge in [-0.25, -0.2) is 0 Å². The largest absolute Gasteiger partial charge is 0.457 e. The Hall–Kier alpha value is -3.33. The minimum Gasteiger partial charge on any atom is -0.457 e. The van der Waals surface area contributed by atoms with Crippen molar-refractivity contribution >= 4 is 69.8 Å². The van der Waals surface area contributed by atoms with Crippen molar-refractivity contribution in [1.29, 1.82) is 0 Å². The van der Waals surface area contributed by atoms with Gasteiger partial charge < -0.3 is 19.5 Å². The number of anilines is 2. The Labute approximate surface area is 224 Å². The number of nitrogens with one attached hydrogen (secondary N) is 2. The zero-order valence-corrected chi connectivity index (χ0v) is 21.8. The van der Waals surface area contributed by atoms with Crippen molar-refractivity contribution in [2.75, 3.05) is 36.4 Å². The molecule has 2 amide bonds. The summed E-state index contributed by atoms with van der Waals surface area (Å²) < 4.78 is 5.77. The van der Waals surface area contributed by atoms with Crippen molar-refractivity contribution in [1.82, 2.24) is 10.2 Å². The number of thiocarbonyl (C=S) groups is 1. The fourth-order valence-electron chi connectivity index (χ4n) is 3.88. The fraction of sp³-hybridized carbons (Fsp3) is 0.192. The second-order valence-electron chi connectivity index (χ2n) is 8.15. The van der Waals surface area contributed by atoms with Gasteiger partial charge in [-0.3, -0.25) is 14.9 Å². The SMILES string of the molecule is CC(=O)N1CCN(c2ccccc2NC(=S)NC(=O)/C=C/c2ccc(-c3cc(Cl)cc(Cl)c3)o2)CC1. The molecule has 0 bridgehead atoms. The van der Waals surface area contributed by atoms with E-state index in [1.165, 1.54) is 6.08 Å². The molecule has 0 saturated carbocycles. The van der Waals surface area contributed by atoms with Crippen LogP contribution in [0.15, 0.2) is 65.1 Å². The van der Waals surface area contributed by atoms with E-state index in [-0.39, 0.29) is 11.0 Å². The van der Waals surface area contributed by atoms with Crippen LogP contribution in [0.3, 0.4) is 0 Å². The number of carbonyl (C=O) groups excluding carboxylic acids is 2. The lowest BCUT2D eigenvalue weighted by atomic mass is 10.2. The minimum atomic E-state index is -0.399. The van der Waals surface area contributed by atoms with Gasteiger partial charge in [0.2, 0.25) is 11.8 Å². The summed E-state index contributed by atoms with van der Waals surface area (Å²) in [5, 5.41) is 6.94. The first kappa shape index (κ1) is 25.8. The molecular formula is C26H24Cl2N4O3S. The predicted molar refractivity (Wildman–Crippen MR) is 148 cm³/mol. The van der Waals surface area contributed by atoms with Gasteiger partial charge in [0.15, 0.2) is 5.11 Å². The second kappa shape index (κ2) is 11.6. The van der Waals surface area contributed by atoms with Crippen LogP contribution in [0.1, 0.15) is 12.7 Å². The lowest BCUT2D eigenvalue weighted by Crippen LogP contribution is -2.48. The number of piperazine rings is 1. The van der Waals surface area contributed by atoms with Crippen LogP contribution >= 0.6 is 35.4 Å². The third-order valence-electron chi connectivity index (χ3n) is 5.63. The molecule has 0 aliphatic carbocycles. The first-order valence-corrected chi connectivity index (χ1v) is 12.4. The Balaban J connectivity index is 1.34. The third-order valence-corrected chi connectivity index (χ3v) is 6.27. The molecular weight excluding hydrogens is 519 g/mol. The van der Waals surface area contributed by atoms with Gasteiger partial charge in [-0.1, -0.05) is 35.3 Å². The molecule has 0 radical (unpaired) electrons. The molecule has 1 aliphatic rings. The number of rotatable bonds is 5. The average molecular weight is 543 g/mol. The van der Waals surface area contributed by atoms with Crippen molar-refractivity contribution in [3.8, 4) is 11.3 Å². The van der Waals surface area contributed by atoms with Crippen LogP contribution in [-0.4, -0.2) is 48.0 Å². The molecule has 36 heavy (non-hydrogen) atoms. The Morgan fingerprint density at radius 2 is 1.69 bits per heavy atom. The highest BCUT2D eigenvalue weighted by atomic mass is 35.5. The number of amides is 2. The Kier molecular flexibility index (Phi) is 8.30. The smallest absolute Gasteiger partial charge is 0.250 e. The molecule has 7 nitrogen and oxygen atoms in total. The maximum Gasteiger partial charge on any atom is 0.250 e. The molecule has 3 aromatic rings. The Morgan fingerprint density at radius 3 is 2.39 bits per heavy atom. The number of hydrogen-bond donors (Lipinski definition) is 2. The number of benzene rings is 2. The second-order valence-corrected chi connectivity index (χ2v) is 9.43. The maximum absolute atomic E-state index is 12.4. The molecule has 0 unspecified atom stereocenters. The van der Waals surface area contributed by atoms with Gasteiger partial charge in [-0.2, -0.15) is 0 Å². The molecule has 1 fully saturated rings. The zero-order valence-electron chi connectivity index (χ0n) is 19.5. The Morgan fingerprint density at radius 1 is 1.00 bits per heavy atom. The molecule has 0 spiro atoms. The molecule has 2 aromatic carbocycles. The van der Waals surface area contributed by atoms with E-state index < -0.39 is 5.91 Å². The number of carbonyl (C=O) groups is 2. The summed E-state index contributed by atoms with van der Waals surface area (Å²) >= 11 is 17.5. The average Bonchev–Trinajstić information content (AvgIpc) is 3.32. The number of hydrogen-bond acceptors (Lipinski definition) is 5. The van der Waals surface area contributed by atoms with Crippen LogP contribution in [0.25, 0.3) is 17.4 Å². The standard InChI is InChI=1S/C26H24Cl2N4O3S/c1-17(33)31-10-12-32(13-11-31)23-5-3-2-4-22(23)29-26(36)30-25(34)9-7-21-6-8-24(35-21)18-14-19(27)16-20(28)15-18/h2-9,14-16H,10-13H2,1H3,(H2,29,30,34,36)/b9-7+. The van der Waals surface area contributed by atoms with E-state index in [0.717, 1.165) is 16.9 Å². The van der Waals surface area contributed by atoms with Gasteiger partial charge in [0.1, 0.15) is 11.5 Å². The highest BCUT2D eigenvalue weighted by Gasteiger charge is 2.20. The summed E-state index contributed by atoms with van der Waals surface area (Å²) in [5.74, 6) is 0.754. The van der Waals surface area contributed by atoms with E-state index in [4.69, 9.17) is 39.8 Å². The van der Waals surface area contributed by atoms with Gasteiger partial charge in [-0.15, -0.1) is 0 Å². The highest BCUT2D eigenvalue weighted by Crippen LogP contribution is 2.29. The van der Waals surface area contributed by atoms with Crippen molar-refractivity contribution in [2.24, 2.45) is 0 Å². The molecule has 2 N–H and O–H groups in total. The van der Waals surface area contributed by atoms with Crippen molar-refractivity contribution < 1.29 is 14.0 Å². The minimum absolute atomic E-state index is 0.0811.